The Hall–Kier alpha value is -0.770. The van der Waals surface area contributed by atoms with Crippen LogP contribution in [0.5, 0.6) is 0 Å². The highest BCUT2D eigenvalue weighted by atomic mass is 14.3. The van der Waals surface area contributed by atoms with Crippen LogP contribution in [0.2, 0.25) is 0 Å². The maximum atomic E-state index is 8.85. The van der Waals surface area contributed by atoms with Gasteiger partial charge in [0.2, 0.25) is 0 Å². The van der Waals surface area contributed by atoms with Crippen molar-refractivity contribution in [2.45, 2.75) is 52.4 Å². The van der Waals surface area contributed by atoms with Crippen molar-refractivity contribution in [1.29, 1.82) is 5.26 Å². The Labute approximate surface area is 87.8 Å². The predicted molar refractivity (Wildman–Crippen MR) is 59.7 cm³/mol. The number of nitrogens with zero attached hydrogens (tertiary/aromatic N) is 1. The van der Waals surface area contributed by atoms with Gasteiger partial charge in [-0.3, -0.25) is 0 Å². The van der Waals surface area contributed by atoms with Crippen LogP contribution in [0.4, 0.5) is 0 Å². The van der Waals surface area contributed by atoms with E-state index in [2.05, 4.69) is 26.0 Å². The molecular formula is C13H21N. The number of hydrogen-bond acceptors (Lipinski definition) is 1. The molecule has 0 aromatic rings. The van der Waals surface area contributed by atoms with Crippen LogP contribution in [0, 0.1) is 23.2 Å². The first kappa shape index (κ1) is 11.3. The van der Waals surface area contributed by atoms with E-state index in [-0.39, 0.29) is 0 Å². The highest BCUT2D eigenvalue weighted by Crippen LogP contribution is 2.27. The van der Waals surface area contributed by atoms with Crippen molar-refractivity contribution in [3.8, 4) is 6.07 Å². The molecule has 1 aliphatic rings. The molecule has 0 aromatic heterocycles. The lowest BCUT2D eigenvalue weighted by atomic mass is 9.87. The molecule has 0 saturated carbocycles. The van der Waals surface area contributed by atoms with Crippen molar-refractivity contribution in [3.05, 3.63) is 11.6 Å². The van der Waals surface area contributed by atoms with Crippen molar-refractivity contribution in [3.63, 3.8) is 0 Å². The Morgan fingerprint density at radius 2 is 2.36 bits per heavy atom. The smallest absolute Gasteiger partial charge is 0.0659 e. The molecule has 0 N–H and O–H groups in total. The summed E-state index contributed by atoms with van der Waals surface area (Å²) < 4.78 is 0. The Morgan fingerprint density at radius 1 is 1.57 bits per heavy atom. The molecule has 1 unspecified atom stereocenters. The summed E-state index contributed by atoms with van der Waals surface area (Å²) in [5.41, 5.74) is 1.53. The monoisotopic (exact) mass is 191 g/mol. The van der Waals surface area contributed by atoms with Gasteiger partial charge < -0.3 is 0 Å². The van der Waals surface area contributed by atoms with Gasteiger partial charge in [-0.1, -0.05) is 31.9 Å². The summed E-state index contributed by atoms with van der Waals surface area (Å²) in [5, 5.41) is 8.85. The van der Waals surface area contributed by atoms with Gasteiger partial charge in [0.15, 0.2) is 0 Å². The summed E-state index contributed by atoms with van der Waals surface area (Å²) in [6.07, 6.45) is 9.41. The van der Waals surface area contributed by atoms with Gasteiger partial charge >= 0.3 is 0 Å². The molecule has 0 bridgehead atoms. The van der Waals surface area contributed by atoms with Crippen molar-refractivity contribution < 1.29 is 0 Å². The topological polar surface area (TPSA) is 23.8 Å². The van der Waals surface area contributed by atoms with Crippen molar-refractivity contribution >= 4 is 0 Å². The zero-order valence-corrected chi connectivity index (χ0v) is 9.42. The Kier molecular flexibility index (Phi) is 4.73. The van der Waals surface area contributed by atoms with E-state index in [9.17, 15) is 0 Å². The van der Waals surface area contributed by atoms with Gasteiger partial charge in [0.1, 0.15) is 0 Å². The molecule has 0 radical (unpaired) electrons. The van der Waals surface area contributed by atoms with Crippen molar-refractivity contribution in [1.82, 2.24) is 0 Å². The first-order valence-electron chi connectivity index (χ1n) is 5.80. The molecule has 1 rings (SSSR count). The molecule has 1 heteroatoms. The second-order valence-corrected chi connectivity index (χ2v) is 4.76. The predicted octanol–water partition coefficient (Wildman–Crippen LogP) is 4.06. The maximum Gasteiger partial charge on any atom is 0.0659 e. The minimum atomic E-state index is 0.300. The Balaban J connectivity index is 2.25. The third-order valence-corrected chi connectivity index (χ3v) is 2.92. The van der Waals surface area contributed by atoms with Gasteiger partial charge in [0.05, 0.1) is 12.0 Å². The highest BCUT2D eigenvalue weighted by Gasteiger charge is 2.14. The number of hydrogen-bond donors (Lipinski definition) is 0. The summed E-state index contributed by atoms with van der Waals surface area (Å²) >= 11 is 0. The SMILES string of the molecule is CC(C)CCCC1=CCCC(C#N)C1. The molecule has 0 fully saturated rings. The van der Waals surface area contributed by atoms with Gasteiger partial charge in [-0.25, -0.2) is 0 Å². The second kappa shape index (κ2) is 5.86. The molecule has 0 aliphatic heterocycles. The second-order valence-electron chi connectivity index (χ2n) is 4.76. The summed E-state index contributed by atoms with van der Waals surface area (Å²) in [6.45, 7) is 4.54. The molecule has 1 atom stereocenters. The minimum absolute atomic E-state index is 0.300. The van der Waals surface area contributed by atoms with Crippen LogP contribution in [0.15, 0.2) is 11.6 Å². The van der Waals surface area contributed by atoms with Crippen LogP contribution in [-0.4, -0.2) is 0 Å². The molecule has 0 saturated heterocycles. The zero-order valence-electron chi connectivity index (χ0n) is 9.42. The summed E-state index contributed by atoms with van der Waals surface area (Å²) in [5.74, 6) is 1.11. The van der Waals surface area contributed by atoms with Gasteiger partial charge in [0.25, 0.3) is 0 Å². The van der Waals surface area contributed by atoms with E-state index in [1.807, 2.05) is 0 Å². The fourth-order valence-corrected chi connectivity index (χ4v) is 2.04. The minimum Gasteiger partial charge on any atom is -0.198 e. The summed E-state index contributed by atoms with van der Waals surface area (Å²) in [7, 11) is 0. The van der Waals surface area contributed by atoms with E-state index in [1.54, 1.807) is 0 Å². The van der Waals surface area contributed by atoms with E-state index in [4.69, 9.17) is 5.26 Å². The zero-order chi connectivity index (χ0) is 10.4. The molecule has 0 spiro atoms. The van der Waals surface area contributed by atoms with Gasteiger partial charge in [0, 0.05) is 0 Å². The molecular weight excluding hydrogens is 170 g/mol. The van der Waals surface area contributed by atoms with Crippen LogP contribution < -0.4 is 0 Å². The first-order valence-corrected chi connectivity index (χ1v) is 5.80. The molecule has 78 valence electrons. The third kappa shape index (κ3) is 3.96. The molecule has 0 amide bonds. The molecule has 0 heterocycles. The van der Waals surface area contributed by atoms with Crippen molar-refractivity contribution in [2.24, 2.45) is 11.8 Å². The fourth-order valence-electron chi connectivity index (χ4n) is 2.04. The van der Waals surface area contributed by atoms with E-state index < -0.39 is 0 Å². The van der Waals surface area contributed by atoms with E-state index in [0.29, 0.717) is 5.92 Å². The largest absolute Gasteiger partial charge is 0.198 e. The van der Waals surface area contributed by atoms with Gasteiger partial charge in [-0.05, 0) is 38.0 Å². The van der Waals surface area contributed by atoms with Crippen LogP contribution in [-0.2, 0) is 0 Å². The standard InChI is InChI=1S/C13H21N/c1-11(2)5-3-6-12-7-4-8-13(9-12)10-14/h7,11,13H,3-6,8-9H2,1-2H3. The third-order valence-electron chi connectivity index (χ3n) is 2.92. The average molecular weight is 191 g/mol. The fraction of sp³-hybridized carbons (Fsp3) is 0.769. The lowest BCUT2D eigenvalue weighted by Gasteiger charge is -2.17. The highest BCUT2D eigenvalue weighted by molar-refractivity contribution is 5.10. The Morgan fingerprint density at radius 3 is 3.00 bits per heavy atom. The quantitative estimate of drug-likeness (QED) is 0.615. The Bertz CT molecular complexity index is 232. The van der Waals surface area contributed by atoms with Crippen LogP contribution in [0.25, 0.3) is 0 Å². The van der Waals surface area contributed by atoms with Crippen LogP contribution >= 0.6 is 0 Å². The molecule has 1 nitrogen and oxygen atoms in total. The summed E-state index contributed by atoms with van der Waals surface area (Å²) in [6, 6.07) is 2.39. The molecule has 14 heavy (non-hydrogen) atoms. The van der Waals surface area contributed by atoms with Crippen LogP contribution in [0.3, 0.4) is 0 Å². The van der Waals surface area contributed by atoms with Crippen molar-refractivity contribution in [2.75, 3.05) is 0 Å². The average Bonchev–Trinajstić information content (AvgIpc) is 2.18. The van der Waals surface area contributed by atoms with Crippen LogP contribution in [0.1, 0.15) is 52.4 Å². The number of rotatable bonds is 4. The summed E-state index contributed by atoms with van der Waals surface area (Å²) in [4.78, 5) is 0. The normalized spacial score (nSPS) is 21.9. The van der Waals surface area contributed by atoms with E-state index >= 15 is 0 Å². The lowest BCUT2D eigenvalue weighted by molar-refractivity contribution is 0.521. The molecule has 0 aromatic carbocycles. The van der Waals surface area contributed by atoms with Gasteiger partial charge in [-0.15, -0.1) is 0 Å². The number of allylic oxidation sites excluding steroid dienone is 2. The number of nitriles is 1. The maximum absolute atomic E-state index is 8.85. The van der Waals surface area contributed by atoms with E-state index in [0.717, 1.165) is 25.2 Å². The van der Waals surface area contributed by atoms with E-state index in [1.165, 1.54) is 24.8 Å². The lowest BCUT2D eigenvalue weighted by Crippen LogP contribution is -2.04. The van der Waals surface area contributed by atoms with Gasteiger partial charge in [-0.2, -0.15) is 5.26 Å². The first-order chi connectivity index (χ1) is 6.72. The molecule has 1 aliphatic carbocycles.